The van der Waals surface area contributed by atoms with Gasteiger partial charge in [-0.3, -0.25) is 4.79 Å². The molecular weight excluding hydrogens is 377 g/mol. The lowest BCUT2D eigenvalue weighted by atomic mass is 9.94. The molecule has 1 amide bonds. The monoisotopic (exact) mass is 398 g/mol. The first-order valence-electron chi connectivity index (χ1n) is 9.27. The molecule has 1 saturated heterocycles. The van der Waals surface area contributed by atoms with Crippen molar-refractivity contribution in [1.82, 2.24) is 15.3 Å². The highest BCUT2D eigenvalue weighted by molar-refractivity contribution is 7.19. The number of carbonyl (C=O) groups excluding carboxylic acids is 1. The number of piperidine rings is 1. The minimum Gasteiger partial charge on any atom is -0.356 e. The molecule has 146 valence electrons. The minimum absolute atomic E-state index is 0.377. The number of anilines is 1. The summed E-state index contributed by atoms with van der Waals surface area (Å²) in [4.78, 5) is 25.5. The maximum Gasteiger partial charge on any atom is 0.405 e. The molecule has 1 fully saturated rings. The van der Waals surface area contributed by atoms with Crippen LogP contribution in [0.2, 0.25) is 0 Å². The zero-order valence-electron chi connectivity index (χ0n) is 14.8. The second-order valence-electron chi connectivity index (χ2n) is 7.18. The molecule has 0 bridgehead atoms. The van der Waals surface area contributed by atoms with Crippen molar-refractivity contribution >= 4 is 33.3 Å². The van der Waals surface area contributed by atoms with Gasteiger partial charge in [-0.1, -0.05) is 0 Å². The highest BCUT2D eigenvalue weighted by Gasteiger charge is 2.32. The molecule has 27 heavy (non-hydrogen) atoms. The van der Waals surface area contributed by atoms with Gasteiger partial charge in [0.1, 0.15) is 23.5 Å². The molecule has 0 atom stereocenters. The van der Waals surface area contributed by atoms with Gasteiger partial charge in [0.15, 0.2) is 0 Å². The van der Waals surface area contributed by atoms with E-state index in [-0.39, 0.29) is 5.92 Å². The molecule has 4 rings (SSSR count). The first kappa shape index (κ1) is 18.5. The second kappa shape index (κ2) is 7.26. The molecule has 0 aromatic carbocycles. The maximum absolute atomic E-state index is 12.3. The van der Waals surface area contributed by atoms with Crippen LogP contribution < -0.4 is 10.2 Å². The number of thiophene rings is 1. The molecule has 1 N–H and O–H groups in total. The van der Waals surface area contributed by atoms with Gasteiger partial charge in [0.2, 0.25) is 5.91 Å². The van der Waals surface area contributed by atoms with Gasteiger partial charge < -0.3 is 10.2 Å². The number of carbonyl (C=O) groups is 1. The summed E-state index contributed by atoms with van der Waals surface area (Å²) in [6.45, 7) is -0.0404. The number of rotatable bonds is 3. The summed E-state index contributed by atoms with van der Waals surface area (Å²) >= 11 is 1.74. The molecule has 0 unspecified atom stereocenters. The summed E-state index contributed by atoms with van der Waals surface area (Å²) in [5.74, 6) is 0.0265. The summed E-state index contributed by atoms with van der Waals surface area (Å²) in [5.41, 5.74) is 1.36. The predicted molar refractivity (Wildman–Crippen MR) is 98.1 cm³/mol. The number of aromatic nitrogens is 2. The van der Waals surface area contributed by atoms with E-state index in [1.54, 1.807) is 17.7 Å². The lowest BCUT2D eigenvalue weighted by Gasteiger charge is -2.32. The lowest BCUT2D eigenvalue weighted by Crippen LogP contribution is -2.43. The Bertz CT molecular complexity index is 843. The van der Waals surface area contributed by atoms with Crippen molar-refractivity contribution in [3.63, 3.8) is 0 Å². The largest absolute Gasteiger partial charge is 0.405 e. The fraction of sp³-hybridized carbons (Fsp3) is 0.611. The molecule has 2 aromatic heterocycles. The van der Waals surface area contributed by atoms with E-state index in [9.17, 15) is 18.0 Å². The van der Waals surface area contributed by atoms with Crippen molar-refractivity contribution in [3.05, 3.63) is 16.8 Å². The van der Waals surface area contributed by atoms with Gasteiger partial charge >= 0.3 is 6.18 Å². The van der Waals surface area contributed by atoms with E-state index in [2.05, 4.69) is 14.9 Å². The van der Waals surface area contributed by atoms with Crippen molar-refractivity contribution in [3.8, 4) is 0 Å². The third-order valence-corrected chi connectivity index (χ3v) is 6.56. The summed E-state index contributed by atoms with van der Waals surface area (Å²) in [6, 6.07) is 0. The van der Waals surface area contributed by atoms with E-state index in [1.807, 2.05) is 5.32 Å². The Labute approximate surface area is 159 Å². The third-order valence-electron chi connectivity index (χ3n) is 5.36. The normalized spacial score (nSPS) is 18.6. The fourth-order valence-electron chi connectivity index (χ4n) is 4.00. The highest BCUT2D eigenvalue weighted by atomic mass is 32.1. The van der Waals surface area contributed by atoms with Crippen molar-refractivity contribution in [2.45, 2.75) is 44.7 Å². The predicted octanol–water partition coefficient (Wildman–Crippen LogP) is 3.47. The SMILES string of the molecule is O=C(NCC(F)(F)F)C1CCN(c2ncnc3sc4c(c23)CCCC4)CC1. The number of hydrogen-bond acceptors (Lipinski definition) is 5. The number of hydrogen-bond donors (Lipinski definition) is 1. The van der Waals surface area contributed by atoms with Crippen LogP contribution in [0.4, 0.5) is 19.0 Å². The standard InChI is InChI=1S/C18H21F3N4OS/c19-18(20,21)9-22-16(26)11-5-7-25(8-6-11)15-14-12-3-1-2-4-13(12)27-17(14)24-10-23-15/h10-11H,1-9H2,(H,22,26). The Morgan fingerprint density at radius 1 is 1.22 bits per heavy atom. The first-order valence-corrected chi connectivity index (χ1v) is 10.1. The smallest absolute Gasteiger partial charge is 0.356 e. The Morgan fingerprint density at radius 3 is 2.70 bits per heavy atom. The number of fused-ring (bicyclic) bond motifs is 3. The Morgan fingerprint density at radius 2 is 1.96 bits per heavy atom. The van der Waals surface area contributed by atoms with Crippen LogP contribution in [0.3, 0.4) is 0 Å². The highest BCUT2D eigenvalue weighted by Crippen LogP contribution is 2.40. The van der Waals surface area contributed by atoms with Crippen LogP contribution in [0.1, 0.15) is 36.1 Å². The van der Waals surface area contributed by atoms with E-state index in [0.29, 0.717) is 25.9 Å². The quantitative estimate of drug-likeness (QED) is 0.860. The molecular formula is C18H21F3N4OS. The third kappa shape index (κ3) is 3.88. The van der Waals surface area contributed by atoms with Crippen LogP contribution in [0.5, 0.6) is 0 Å². The van der Waals surface area contributed by atoms with E-state index in [0.717, 1.165) is 28.9 Å². The molecule has 0 spiro atoms. The van der Waals surface area contributed by atoms with Crippen molar-refractivity contribution in [2.75, 3.05) is 24.5 Å². The summed E-state index contributed by atoms with van der Waals surface area (Å²) in [5, 5.41) is 3.14. The van der Waals surface area contributed by atoms with Crippen LogP contribution in [0.25, 0.3) is 10.2 Å². The molecule has 2 aliphatic rings. The van der Waals surface area contributed by atoms with Gasteiger partial charge in [0.25, 0.3) is 0 Å². The molecule has 9 heteroatoms. The summed E-state index contributed by atoms with van der Waals surface area (Å²) in [7, 11) is 0. The van der Waals surface area contributed by atoms with Crippen LogP contribution in [0.15, 0.2) is 6.33 Å². The van der Waals surface area contributed by atoms with Gasteiger partial charge in [-0.25, -0.2) is 9.97 Å². The number of nitrogens with zero attached hydrogens (tertiary/aromatic N) is 3. The molecule has 2 aromatic rings. The zero-order chi connectivity index (χ0) is 19.0. The van der Waals surface area contributed by atoms with Crippen molar-refractivity contribution in [1.29, 1.82) is 0 Å². The van der Waals surface area contributed by atoms with Gasteiger partial charge in [-0.05, 0) is 44.1 Å². The van der Waals surface area contributed by atoms with Gasteiger partial charge in [0.05, 0.1) is 5.39 Å². The van der Waals surface area contributed by atoms with E-state index < -0.39 is 18.6 Å². The van der Waals surface area contributed by atoms with Crippen molar-refractivity contribution in [2.24, 2.45) is 5.92 Å². The summed E-state index contributed by atoms with van der Waals surface area (Å²) in [6.07, 6.45) is 2.80. The maximum atomic E-state index is 12.3. The number of amides is 1. The summed E-state index contributed by atoms with van der Waals surface area (Å²) < 4.78 is 36.9. The average molecular weight is 398 g/mol. The zero-order valence-corrected chi connectivity index (χ0v) is 15.6. The molecule has 5 nitrogen and oxygen atoms in total. The van der Waals surface area contributed by atoms with Gasteiger partial charge in [-0.2, -0.15) is 13.2 Å². The second-order valence-corrected chi connectivity index (χ2v) is 8.27. The van der Waals surface area contributed by atoms with Crippen LogP contribution in [0, 0.1) is 5.92 Å². The molecule has 0 radical (unpaired) electrons. The lowest BCUT2D eigenvalue weighted by molar-refractivity contribution is -0.141. The van der Waals surface area contributed by atoms with Crippen LogP contribution >= 0.6 is 11.3 Å². The van der Waals surface area contributed by atoms with E-state index in [4.69, 9.17) is 0 Å². The topological polar surface area (TPSA) is 58.1 Å². The molecule has 3 heterocycles. The first-order chi connectivity index (χ1) is 12.9. The van der Waals surface area contributed by atoms with Crippen LogP contribution in [-0.2, 0) is 17.6 Å². The Hall–Kier alpha value is -1.90. The van der Waals surface area contributed by atoms with Crippen LogP contribution in [-0.4, -0.2) is 41.7 Å². The molecule has 1 aliphatic carbocycles. The number of aryl methyl sites for hydroxylation is 2. The van der Waals surface area contributed by atoms with Crippen molar-refractivity contribution < 1.29 is 18.0 Å². The number of halogens is 3. The van der Waals surface area contributed by atoms with Gasteiger partial charge in [-0.15, -0.1) is 11.3 Å². The molecule has 0 saturated carbocycles. The van der Waals surface area contributed by atoms with E-state index >= 15 is 0 Å². The van der Waals surface area contributed by atoms with Gasteiger partial charge in [0, 0.05) is 23.9 Å². The minimum atomic E-state index is -4.37. The average Bonchev–Trinajstić information content (AvgIpc) is 3.04. The molecule has 1 aliphatic heterocycles. The Kier molecular flexibility index (Phi) is 4.96. The van der Waals surface area contributed by atoms with E-state index in [1.165, 1.54) is 23.3 Å². The number of alkyl halides is 3. The Balaban J connectivity index is 1.47. The fourth-order valence-corrected chi connectivity index (χ4v) is 5.22. The number of nitrogens with one attached hydrogen (secondary N) is 1.